The van der Waals surface area contributed by atoms with Crippen molar-refractivity contribution in [1.29, 1.82) is 0 Å². The Labute approximate surface area is 129 Å². The van der Waals surface area contributed by atoms with Crippen LogP contribution in [0.4, 0.5) is 5.69 Å². The average molecular weight is 346 g/mol. The van der Waals surface area contributed by atoms with E-state index in [1.807, 2.05) is 20.0 Å². The van der Waals surface area contributed by atoms with Crippen molar-refractivity contribution in [1.82, 2.24) is 19.7 Å². The molecule has 0 fully saturated rings. The van der Waals surface area contributed by atoms with Gasteiger partial charge in [-0.25, -0.2) is 9.97 Å². The molecule has 7 heteroatoms. The van der Waals surface area contributed by atoms with E-state index in [2.05, 4.69) is 36.3 Å². The number of rotatable bonds is 2. The molecule has 3 aromatic rings. The number of hydrogen-bond acceptors (Lipinski definition) is 4. The zero-order valence-electron chi connectivity index (χ0n) is 11.5. The topological polar surface area (TPSA) is 72.7 Å². The van der Waals surface area contributed by atoms with Gasteiger partial charge in [-0.2, -0.15) is 5.10 Å². The van der Waals surface area contributed by atoms with Crippen LogP contribution in [0.3, 0.4) is 0 Å². The van der Waals surface area contributed by atoms with E-state index in [0.717, 1.165) is 16.7 Å². The molecule has 0 saturated heterocycles. The van der Waals surface area contributed by atoms with Gasteiger partial charge in [0.25, 0.3) is 5.91 Å². The standard InChI is InChI=1S/C14H12BrN5O/c1-8-10-6-9(7-17-13(10)20(2)19-8)18-14(21)12-11(15)4-3-5-16-12/h3-7H,1-2H3,(H,18,21). The summed E-state index contributed by atoms with van der Waals surface area (Å²) < 4.78 is 2.36. The Kier molecular flexibility index (Phi) is 3.42. The number of fused-ring (bicyclic) bond motifs is 1. The lowest BCUT2D eigenvalue weighted by atomic mass is 10.2. The van der Waals surface area contributed by atoms with Crippen LogP contribution < -0.4 is 5.32 Å². The fourth-order valence-corrected chi connectivity index (χ4v) is 2.55. The van der Waals surface area contributed by atoms with Gasteiger partial charge in [-0.1, -0.05) is 0 Å². The normalized spacial score (nSPS) is 10.8. The predicted molar refractivity (Wildman–Crippen MR) is 83.1 cm³/mol. The minimum atomic E-state index is -0.287. The second kappa shape index (κ2) is 5.25. The molecule has 0 saturated carbocycles. The number of carbonyl (C=O) groups excluding carboxylic acids is 1. The molecule has 1 amide bonds. The number of aryl methyl sites for hydroxylation is 2. The molecule has 21 heavy (non-hydrogen) atoms. The molecule has 0 bridgehead atoms. The zero-order valence-corrected chi connectivity index (χ0v) is 13.0. The molecule has 6 nitrogen and oxygen atoms in total. The average Bonchev–Trinajstić information content (AvgIpc) is 2.74. The Bertz CT molecular complexity index is 842. The van der Waals surface area contributed by atoms with E-state index in [1.165, 1.54) is 0 Å². The first-order valence-corrected chi connectivity index (χ1v) is 7.07. The highest BCUT2D eigenvalue weighted by Crippen LogP contribution is 2.20. The van der Waals surface area contributed by atoms with Crippen LogP contribution in [0.1, 0.15) is 16.2 Å². The van der Waals surface area contributed by atoms with Gasteiger partial charge >= 0.3 is 0 Å². The van der Waals surface area contributed by atoms with Crippen LogP contribution in [0, 0.1) is 6.92 Å². The van der Waals surface area contributed by atoms with Crippen LogP contribution in [-0.4, -0.2) is 25.7 Å². The molecule has 0 aromatic carbocycles. The maximum absolute atomic E-state index is 12.2. The molecule has 106 valence electrons. The minimum absolute atomic E-state index is 0.287. The van der Waals surface area contributed by atoms with Crippen LogP contribution >= 0.6 is 15.9 Å². The van der Waals surface area contributed by atoms with E-state index in [1.54, 1.807) is 29.2 Å². The number of amides is 1. The van der Waals surface area contributed by atoms with Crippen molar-refractivity contribution in [2.24, 2.45) is 7.05 Å². The van der Waals surface area contributed by atoms with Gasteiger partial charge in [-0.05, 0) is 41.1 Å². The summed E-state index contributed by atoms with van der Waals surface area (Å²) in [5.41, 5.74) is 2.60. The zero-order chi connectivity index (χ0) is 15.0. The van der Waals surface area contributed by atoms with Crippen LogP contribution in [-0.2, 0) is 7.05 Å². The molecule has 3 heterocycles. The molecule has 0 unspecified atom stereocenters. The highest BCUT2D eigenvalue weighted by molar-refractivity contribution is 9.10. The van der Waals surface area contributed by atoms with E-state index in [0.29, 0.717) is 15.9 Å². The van der Waals surface area contributed by atoms with Crippen LogP contribution in [0.25, 0.3) is 11.0 Å². The van der Waals surface area contributed by atoms with Crippen LogP contribution in [0.2, 0.25) is 0 Å². The maximum atomic E-state index is 12.2. The van der Waals surface area contributed by atoms with Gasteiger partial charge in [-0.15, -0.1) is 0 Å². The van der Waals surface area contributed by atoms with Crippen molar-refractivity contribution in [3.63, 3.8) is 0 Å². The summed E-state index contributed by atoms with van der Waals surface area (Å²) in [6.07, 6.45) is 3.19. The smallest absolute Gasteiger partial charge is 0.275 e. The molecule has 0 aliphatic rings. The number of nitrogens with one attached hydrogen (secondary N) is 1. The van der Waals surface area contributed by atoms with E-state index in [4.69, 9.17) is 0 Å². The number of nitrogens with zero attached hydrogens (tertiary/aromatic N) is 4. The summed E-state index contributed by atoms with van der Waals surface area (Å²) in [6.45, 7) is 1.91. The number of halogens is 1. The summed E-state index contributed by atoms with van der Waals surface area (Å²) in [6, 6.07) is 5.39. The third-order valence-corrected chi connectivity index (χ3v) is 3.73. The minimum Gasteiger partial charge on any atom is -0.319 e. The Balaban J connectivity index is 1.93. The van der Waals surface area contributed by atoms with Gasteiger partial charge in [0.1, 0.15) is 5.69 Å². The van der Waals surface area contributed by atoms with Gasteiger partial charge in [0.2, 0.25) is 0 Å². The van der Waals surface area contributed by atoms with Crippen molar-refractivity contribution in [2.45, 2.75) is 6.92 Å². The van der Waals surface area contributed by atoms with E-state index >= 15 is 0 Å². The Hall–Kier alpha value is -2.28. The first-order chi connectivity index (χ1) is 10.1. The third kappa shape index (κ3) is 2.52. The van der Waals surface area contributed by atoms with Gasteiger partial charge in [0.15, 0.2) is 5.65 Å². The molecular formula is C14H12BrN5O. The lowest BCUT2D eigenvalue weighted by Crippen LogP contribution is -2.14. The monoisotopic (exact) mass is 345 g/mol. The Morgan fingerprint density at radius 2 is 2.19 bits per heavy atom. The van der Waals surface area contributed by atoms with Crippen LogP contribution in [0.5, 0.6) is 0 Å². The number of aromatic nitrogens is 4. The summed E-state index contributed by atoms with van der Waals surface area (Å²) in [5, 5.41) is 8.01. The molecule has 3 rings (SSSR count). The quantitative estimate of drug-likeness (QED) is 0.774. The highest BCUT2D eigenvalue weighted by Gasteiger charge is 2.13. The highest BCUT2D eigenvalue weighted by atomic mass is 79.9. The number of hydrogen-bond donors (Lipinski definition) is 1. The molecule has 1 N–H and O–H groups in total. The Morgan fingerprint density at radius 1 is 1.38 bits per heavy atom. The second-order valence-electron chi connectivity index (χ2n) is 4.59. The summed E-state index contributed by atoms with van der Waals surface area (Å²) in [4.78, 5) is 20.6. The lowest BCUT2D eigenvalue weighted by Gasteiger charge is -2.06. The SMILES string of the molecule is Cc1nn(C)c2ncc(NC(=O)c3ncccc3Br)cc12. The summed E-state index contributed by atoms with van der Waals surface area (Å²) in [5.74, 6) is -0.287. The fraction of sp³-hybridized carbons (Fsp3) is 0.143. The first-order valence-electron chi connectivity index (χ1n) is 6.27. The van der Waals surface area contributed by atoms with Gasteiger partial charge in [0, 0.05) is 23.1 Å². The van der Waals surface area contributed by atoms with E-state index < -0.39 is 0 Å². The maximum Gasteiger partial charge on any atom is 0.275 e. The summed E-state index contributed by atoms with van der Waals surface area (Å²) >= 11 is 3.31. The van der Waals surface area contributed by atoms with Crippen molar-refractivity contribution in [3.8, 4) is 0 Å². The molecule has 0 aliphatic carbocycles. The molecule has 0 atom stereocenters. The van der Waals surface area contributed by atoms with Crippen molar-refractivity contribution in [2.75, 3.05) is 5.32 Å². The molecule has 0 aliphatic heterocycles. The van der Waals surface area contributed by atoms with Gasteiger partial charge < -0.3 is 5.32 Å². The first kappa shape index (κ1) is 13.7. The van der Waals surface area contributed by atoms with E-state index in [9.17, 15) is 4.79 Å². The van der Waals surface area contributed by atoms with Crippen molar-refractivity contribution >= 4 is 38.6 Å². The van der Waals surface area contributed by atoms with Crippen molar-refractivity contribution < 1.29 is 4.79 Å². The molecular weight excluding hydrogens is 334 g/mol. The van der Waals surface area contributed by atoms with Gasteiger partial charge in [-0.3, -0.25) is 9.48 Å². The number of anilines is 1. The molecule has 3 aromatic heterocycles. The van der Waals surface area contributed by atoms with Gasteiger partial charge in [0.05, 0.1) is 17.6 Å². The molecule has 0 spiro atoms. The number of carbonyl (C=O) groups is 1. The fourth-order valence-electron chi connectivity index (χ4n) is 2.12. The molecule has 0 radical (unpaired) electrons. The Morgan fingerprint density at radius 3 is 2.95 bits per heavy atom. The largest absolute Gasteiger partial charge is 0.319 e. The summed E-state index contributed by atoms with van der Waals surface area (Å²) in [7, 11) is 1.84. The van der Waals surface area contributed by atoms with Crippen LogP contribution in [0.15, 0.2) is 35.1 Å². The predicted octanol–water partition coefficient (Wildman–Crippen LogP) is 2.69. The lowest BCUT2D eigenvalue weighted by molar-refractivity contribution is 0.102. The van der Waals surface area contributed by atoms with E-state index in [-0.39, 0.29) is 5.91 Å². The van der Waals surface area contributed by atoms with Crippen molar-refractivity contribution in [3.05, 3.63) is 46.5 Å². The third-order valence-electron chi connectivity index (χ3n) is 3.09. The second-order valence-corrected chi connectivity index (χ2v) is 5.45. The number of pyridine rings is 2.